The minimum atomic E-state index is -0.289. The predicted octanol–water partition coefficient (Wildman–Crippen LogP) is 4.35. The molecule has 1 amide bonds. The molecule has 0 spiro atoms. The molecule has 2 aromatic rings. The van der Waals surface area contributed by atoms with Crippen LogP contribution in [-0.4, -0.2) is 19.6 Å². The molecule has 7 heteroatoms. The van der Waals surface area contributed by atoms with Crippen molar-refractivity contribution in [2.45, 2.75) is 6.54 Å². The largest absolute Gasteiger partial charge is 0.497 e. The number of benzene rings is 2. The summed E-state index contributed by atoms with van der Waals surface area (Å²) in [6.07, 6.45) is 0. The molecule has 1 N–H and O–H groups in total. The van der Waals surface area contributed by atoms with Crippen LogP contribution in [0, 0.1) is 0 Å². The molecule has 0 radical (unpaired) electrons. The predicted molar refractivity (Wildman–Crippen MR) is 91.8 cm³/mol. The van der Waals surface area contributed by atoms with Crippen molar-refractivity contribution in [2.75, 3.05) is 13.7 Å². The molecule has 0 aromatic heterocycles. The van der Waals surface area contributed by atoms with Gasteiger partial charge < -0.3 is 14.8 Å². The van der Waals surface area contributed by atoms with Gasteiger partial charge in [0.25, 0.3) is 5.91 Å². The van der Waals surface area contributed by atoms with Crippen LogP contribution in [0.25, 0.3) is 0 Å². The Balaban J connectivity index is 1.85. The second kappa shape index (κ2) is 8.29. The molecule has 0 fully saturated rings. The Morgan fingerprint density at radius 3 is 2.26 bits per heavy atom. The summed E-state index contributed by atoms with van der Waals surface area (Å²) in [6, 6.07) is 10.4. The van der Waals surface area contributed by atoms with E-state index in [9.17, 15) is 4.79 Å². The van der Waals surface area contributed by atoms with Gasteiger partial charge in [0, 0.05) is 11.6 Å². The minimum Gasteiger partial charge on any atom is -0.497 e. The van der Waals surface area contributed by atoms with Gasteiger partial charge in [-0.05, 0) is 29.8 Å². The summed E-state index contributed by atoms with van der Waals surface area (Å²) < 4.78 is 10.4. The van der Waals surface area contributed by atoms with Crippen LogP contribution >= 0.6 is 34.8 Å². The number of amides is 1. The van der Waals surface area contributed by atoms with E-state index in [1.165, 1.54) is 12.1 Å². The van der Waals surface area contributed by atoms with Crippen LogP contribution < -0.4 is 14.8 Å². The Kier molecular flexibility index (Phi) is 6.39. The summed E-state index contributed by atoms with van der Waals surface area (Å²) in [7, 11) is 1.60. The van der Waals surface area contributed by atoms with E-state index in [1.807, 2.05) is 24.3 Å². The highest BCUT2D eigenvalue weighted by Crippen LogP contribution is 2.35. The number of nitrogens with one attached hydrogen (secondary N) is 1. The van der Waals surface area contributed by atoms with Crippen molar-refractivity contribution in [1.82, 2.24) is 5.32 Å². The normalized spacial score (nSPS) is 10.3. The van der Waals surface area contributed by atoms with E-state index in [-0.39, 0.29) is 28.3 Å². The lowest BCUT2D eigenvalue weighted by molar-refractivity contribution is -0.123. The third-order valence-electron chi connectivity index (χ3n) is 2.96. The molecule has 2 aromatic carbocycles. The van der Waals surface area contributed by atoms with Gasteiger partial charge in [0.05, 0.1) is 17.2 Å². The van der Waals surface area contributed by atoms with Gasteiger partial charge in [-0.15, -0.1) is 0 Å². The highest BCUT2D eigenvalue weighted by Gasteiger charge is 2.11. The molecule has 0 aliphatic rings. The number of ether oxygens (including phenoxy) is 2. The van der Waals surface area contributed by atoms with Gasteiger partial charge in [-0.3, -0.25) is 4.79 Å². The molecule has 0 bridgehead atoms. The van der Waals surface area contributed by atoms with Gasteiger partial charge in [0.2, 0.25) is 0 Å². The van der Waals surface area contributed by atoms with E-state index in [0.29, 0.717) is 11.6 Å². The Morgan fingerprint density at radius 2 is 1.70 bits per heavy atom. The maximum Gasteiger partial charge on any atom is 0.258 e. The zero-order chi connectivity index (χ0) is 16.8. The molecule has 0 aliphatic carbocycles. The van der Waals surface area contributed by atoms with Crippen molar-refractivity contribution in [3.05, 3.63) is 57.0 Å². The maximum atomic E-state index is 11.8. The van der Waals surface area contributed by atoms with Crippen LogP contribution in [0.15, 0.2) is 36.4 Å². The standard InChI is InChI=1S/C16H14Cl3NO3/c1-22-12-4-2-10(3-5-12)8-20-15(21)9-23-16-13(18)6-11(17)7-14(16)19/h2-7H,8-9H2,1H3,(H,20,21). The summed E-state index contributed by atoms with van der Waals surface area (Å²) in [6.45, 7) is 0.186. The van der Waals surface area contributed by atoms with E-state index >= 15 is 0 Å². The fourth-order valence-corrected chi connectivity index (χ4v) is 2.73. The molecular formula is C16H14Cl3NO3. The van der Waals surface area contributed by atoms with Gasteiger partial charge >= 0.3 is 0 Å². The fraction of sp³-hybridized carbons (Fsp3) is 0.188. The lowest BCUT2D eigenvalue weighted by atomic mass is 10.2. The van der Waals surface area contributed by atoms with Crippen LogP contribution in [0.2, 0.25) is 15.1 Å². The second-order valence-corrected chi connectivity index (χ2v) is 5.86. The van der Waals surface area contributed by atoms with Gasteiger partial charge in [0.15, 0.2) is 12.4 Å². The highest BCUT2D eigenvalue weighted by atomic mass is 35.5. The SMILES string of the molecule is COc1ccc(CNC(=O)COc2c(Cl)cc(Cl)cc2Cl)cc1. The quantitative estimate of drug-likeness (QED) is 0.817. The first-order valence-electron chi connectivity index (χ1n) is 6.66. The number of hydrogen-bond donors (Lipinski definition) is 1. The minimum absolute atomic E-state index is 0.197. The van der Waals surface area contributed by atoms with E-state index in [4.69, 9.17) is 44.3 Å². The van der Waals surface area contributed by atoms with Crippen LogP contribution in [0.4, 0.5) is 0 Å². The third-order valence-corrected chi connectivity index (χ3v) is 3.74. The van der Waals surface area contributed by atoms with Crippen molar-refractivity contribution in [3.8, 4) is 11.5 Å². The average molecular weight is 375 g/mol. The highest BCUT2D eigenvalue weighted by molar-refractivity contribution is 6.40. The monoisotopic (exact) mass is 373 g/mol. The smallest absolute Gasteiger partial charge is 0.258 e. The van der Waals surface area contributed by atoms with Crippen molar-refractivity contribution >= 4 is 40.7 Å². The Bertz CT molecular complexity index is 666. The van der Waals surface area contributed by atoms with E-state index in [1.54, 1.807) is 7.11 Å². The zero-order valence-electron chi connectivity index (χ0n) is 12.2. The number of halogens is 3. The second-order valence-electron chi connectivity index (χ2n) is 4.61. The van der Waals surface area contributed by atoms with Gasteiger partial charge in [-0.1, -0.05) is 46.9 Å². The lowest BCUT2D eigenvalue weighted by Crippen LogP contribution is -2.28. The number of methoxy groups -OCH3 is 1. The van der Waals surface area contributed by atoms with Gasteiger partial charge in [-0.2, -0.15) is 0 Å². The topological polar surface area (TPSA) is 47.6 Å². The van der Waals surface area contributed by atoms with Crippen LogP contribution in [0.3, 0.4) is 0 Å². The van der Waals surface area contributed by atoms with E-state index < -0.39 is 0 Å². The molecule has 23 heavy (non-hydrogen) atoms. The number of rotatable bonds is 6. The Hall–Kier alpha value is -1.62. The van der Waals surface area contributed by atoms with Gasteiger partial charge in [-0.25, -0.2) is 0 Å². The number of carbonyl (C=O) groups excluding carboxylic acids is 1. The summed E-state index contributed by atoms with van der Waals surface area (Å²) in [5.74, 6) is 0.704. The zero-order valence-corrected chi connectivity index (χ0v) is 14.5. The molecule has 0 unspecified atom stereocenters. The number of hydrogen-bond acceptors (Lipinski definition) is 3. The summed E-state index contributed by atoms with van der Waals surface area (Å²) in [5, 5.41) is 3.65. The van der Waals surface area contributed by atoms with Crippen LogP contribution in [0.1, 0.15) is 5.56 Å². The lowest BCUT2D eigenvalue weighted by Gasteiger charge is -2.11. The van der Waals surface area contributed by atoms with Crippen molar-refractivity contribution in [3.63, 3.8) is 0 Å². The molecular weight excluding hydrogens is 361 g/mol. The maximum absolute atomic E-state index is 11.8. The molecule has 122 valence electrons. The Morgan fingerprint density at radius 1 is 1.09 bits per heavy atom. The summed E-state index contributed by atoms with van der Waals surface area (Å²) >= 11 is 17.8. The first-order chi connectivity index (χ1) is 11.0. The first kappa shape index (κ1) is 17.7. The average Bonchev–Trinajstić information content (AvgIpc) is 2.52. The molecule has 0 saturated heterocycles. The molecule has 0 saturated carbocycles. The van der Waals surface area contributed by atoms with E-state index in [0.717, 1.165) is 11.3 Å². The summed E-state index contributed by atoms with van der Waals surface area (Å²) in [4.78, 5) is 11.8. The first-order valence-corrected chi connectivity index (χ1v) is 7.80. The van der Waals surface area contributed by atoms with Crippen molar-refractivity contribution < 1.29 is 14.3 Å². The molecule has 0 heterocycles. The Labute approximate surface area is 149 Å². The summed E-state index contributed by atoms with van der Waals surface area (Å²) in [5.41, 5.74) is 0.946. The van der Waals surface area contributed by atoms with Crippen LogP contribution in [-0.2, 0) is 11.3 Å². The van der Waals surface area contributed by atoms with Crippen molar-refractivity contribution in [2.24, 2.45) is 0 Å². The third kappa shape index (κ3) is 5.20. The number of carbonyl (C=O) groups is 1. The van der Waals surface area contributed by atoms with Crippen LogP contribution in [0.5, 0.6) is 11.5 Å². The molecule has 0 atom stereocenters. The van der Waals surface area contributed by atoms with E-state index in [2.05, 4.69) is 5.32 Å². The molecule has 0 aliphatic heterocycles. The van der Waals surface area contributed by atoms with Crippen molar-refractivity contribution in [1.29, 1.82) is 0 Å². The fourth-order valence-electron chi connectivity index (χ4n) is 1.80. The molecule has 2 rings (SSSR count). The molecule has 4 nitrogen and oxygen atoms in total. The van der Waals surface area contributed by atoms with Gasteiger partial charge in [0.1, 0.15) is 5.75 Å².